The van der Waals surface area contributed by atoms with Gasteiger partial charge in [-0.2, -0.15) is 5.10 Å². The molecule has 2 N–H and O–H groups in total. The summed E-state index contributed by atoms with van der Waals surface area (Å²) in [5, 5.41) is 15.9. The Morgan fingerprint density at radius 1 is 1.26 bits per heavy atom. The van der Waals surface area contributed by atoms with Gasteiger partial charge in [-0.15, -0.1) is 0 Å². The number of carboxylic acid groups (broad SMARTS) is 1. The third kappa shape index (κ3) is 4.67. The molecule has 0 aliphatic rings. The third-order valence-electron chi connectivity index (χ3n) is 3.73. The lowest BCUT2D eigenvalue weighted by Gasteiger charge is -2.18. The molecule has 23 heavy (non-hydrogen) atoms. The Balaban J connectivity index is 1.86. The molecule has 0 saturated carbocycles. The van der Waals surface area contributed by atoms with Crippen LogP contribution in [0.25, 0.3) is 0 Å². The summed E-state index contributed by atoms with van der Waals surface area (Å²) in [7, 11) is 0. The highest BCUT2D eigenvalue weighted by molar-refractivity contribution is 5.94. The van der Waals surface area contributed by atoms with E-state index in [4.69, 9.17) is 5.11 Å². The number of carbonyl (C=O) groups excluding carboxylic acids is 1. The van der Waals surface area contributed by atoms with Gasteiger partial charge in [-0.3, -0.25) is 14.3 Å². The van der Waals surface area contributed by atoms with E-state index in [-0.39, 0.29) is 5.91 Å². The molecule has 0 unspecified atom stereocenters. The number of hydrogen-bond acceptors (Lipinski definition) is 3. The molecule has 0 spiro atoms. The SMILES string of the molecule is CC(C)(CCNC(=O)c1ccc(Cn2cccn2)cc1)C(=O)O. The predicted molar refractivity (Wildman–Crippen MR) is 86.1 cm³/mol. The summed E-state index contributed by atoms with van der Waals surface area (Å²) < 4.78 is 1.81. The van der Waals surface area contributed by atoms with Gasteiger partial charge in [-0.05, 0) is 44.0 Å². The number of aromatic nitrogens is 2. The quantitative estimate of drug-likeness (QED) is 0.820. The van der Waals surface area contributed by atoms with Crippen LogP contribution in [0.15, 0.2) is 42.7 Å². The van der Waals surface area contributed by atoms with E-state index in [2.05, 4.69) is 10.4 Å². The molecule has 0 bridgehead atoms. The van der Waals surface area contributed by atoms with Crippen molar-refractivity contribution in [3.63, 3.8) is 0 Å². The predicted octanol–water partition coefficient (Wildman–Crippen LogP) is 2.16. The van der Waals surface area contributed by atoms with Gasteiger partial charge in [0.2, 0.25) is 0 Å². The van der Waals surface area contributed by atoms with Crippen LogP contribution in [0.3, 0.4) is 0 Å². The second-order valence-electron chi connectivity index (χ2n) is 6.10. The van der Waals surface area contributed by atoms with E-state index in [1.165, 1.54) is 0 Å². The number of nitrogens with one attached hydrogen (secondary N) is 1. The molecule has 0 fully saturated rings. The minimum atomic E-state index is -0.866. The summed E-state index contributed by atoms with van der Waals surface area (Å²) in [6, 6.07) is 9.16. The summed E-state index contributed by atoms with van der Waals surface area (Å²) in [4.78, 5) is 23.1. The van der Waals surface area contributed by atoms with Crippen molar-refractivity contribution in [2.75, 3.05) is 6.54 Å². The summed E-state index contributed by atoms with van der Waals surface area (Å²) in [5.74, 6) is -1.06. The van der Waals surface area contributed by atoms with Gasteiger partial charge in [0.05, 0.1) is 12.0 Å². The number of hydrogen-bond donors (Lipinski definition) is 2. The van der Waals surface area contributed by atoms with Crippen molar-refractivity contribution in [3.05, 3.63) is 53.9 Å². The molecule has 122 valence electrons. The van der Waals surface area contributed by atoms with Crippen molar-refractivity contribution in [1.29, 1.82) is 0 Å². The van der Waals surface area contributed by atoms with Crippen LogP contribution in [-0.2, 0) is 11.3 Å². The highest BCUT2D eigenvalue weighted by atomic mass is 16.4. The van der Waals surface area contributed by atoms with Crippen molar-refractivity contribution in [3.8, 4) is 0 Å². The maximum absolute atomic E-state index is 12.1. The summed E-state index contributed by atoms with van der Waals surface area (Å²) in [5.41, 5.74) is 0.764. The van der Waals surface area contributed by atoms with Gasteiger partial charge in [0.25, 0.3) is 5.91 Å². The van der Waals surface area contributed by atoms with Crippen LogP contribution >= 0.6 is 0 Å². The van der Waals surface area contributed by atoms with Crippen molar-refractivity contribution in [2.24, 2.45) is 5.41 Å². The van der Waals surface area contributed by atoms with Gasteiger partial charge in [0.1, 0.15) is 0 Å². The molecule has 2 rings (SSSR count). The van der Waals surface area contributed by atoms with Gasteiger partial charge >= 0.3 is 5.97 Å². The van der Waals surface area contributed by atoms with E-state index in [1.807, 2.05) is 29.1 Å². The number of amides is 1. The van der Waals surface area contributed by atoms with Crippen LogP contribution in [0.1, 0.15) is 36.2 Å². The minimum Gasteiger partial charge on any atom is -0.481 e. The van der Waals surface area contributed by atoms with Crippen molar-refractivity contribution < 1.29 is 14.7 Å². The number of rotatable bonds is 7. The van der Waals surface area contributed by atoms with E-state index < -0.39 is 11.4 Å². The van der Waals surface area contributed by atoms with Crippen molar-refractivity contribution in [2.45, 2.75) is 26.8 Å². The first-order valence-electron chi connectivity index (χ1n) is 7.46. The topological polar surface area (TPSA) is 84.2 Å². The molecule has 0 aliphatic carbocycles. The average molecular weight is 315 g/mol. The van der Waals surface area contributed by atoms with Gasteiger partial charge in [-0.25, -0.2) is 0 Å². The zero-order valence-electron chi connectivity index (χ0n) is 13.3. The minimum absolute atomic E-state index is 0.197. The molecule has 0 atom stereocenters. The average Bonchev–Trinajstić information content (AvgIpc) is 3.00. The molecule has 0 radical (unpaired) electrons. The van der Waals surface area contributed by atoms with Gasteiger partial charge in [-0.1, -0.05) is 12.1 Å². The maximum atomic E-state index is 12.1. The Kier molecular flexibility index (Phi) is 5.16. The molecule has 1 heterocycles. The zero-order chi connectivity index (χ0) is 16.9. The van der Waals surface area contributed by atoms with Crippen LogP contribution in [0.5, 0.6) is 0 Å². The Morgan fingerprint density at radius 2 is 1.96 bits per heavy atom. The molecule has 1 aromatic carbocycles. The van der Waals surface area contributed by atoms with Crippen molar-refractivity contribution in [1.82, 2.24) is 15.1 Å². The van der Waals surface area contributed by atoms with Gasteiger partial charge < -0.3 is 10.4 Å². The Hall–Kier alpha value is -2.63. The lowest BCUT2D eigenvalue weighted by atomic mass is 9.90. The normalized spacial score (nSPS) is 11.2. The lowest BCUT2D eigenvalue weighted by Crippen LogP contribution is -2.31. The highest BCUT2D eigenvalue weighted by Gasteiger charge is 2.26. The lowest BCUT2D eigenvalue weighted by molar-refractivity contribution is -0.147. The van der Waals surface area contributed by atoms with Crippen LogP contribution in [0, 0.1) is 5.41 Å². The van der Waals surface area contributed by atoms with Crippen LogP contribution in [0.2, 0.25) is 0 Å². The van der Waals surface area contributed by atoms with Crippen LogP contribution in [0.4, 0.5) is 0 Å². The molecule has 2 aromatic rings. The first-order chi connectivity index (χ1) is 10.9. The Labute approximate surface area is 135 Å². The number of nitrogens with zero attached hydrogens (tertiary/aromatic N) is 2. The number of carboxylic acids is 1. The van der Waals surface area contributed by atoms with E-state index in [0.29, 0.717) is 25.1 Å². The summed E-state index contributed by atoms with van der Waals surface area (Å²) >= 11 is 0. The van der Waals surface area contributed by atoms with E-state index in [9.17, 15) is 9.59 Å². The zero-order valence-corrected chi connectivity index (χ0v) is 13.3. The summed E-state index contributed by atoms with van der Waals surface area (Å²) in [6.07, 6.45) is 3.98. The van der Waals surface area contributed by atoms with Gasteiger partial charge in [0, 0.05) is 24.5 Å². The van der Waals surface area contributed by atoms with E-state index in [0.717, 1.165) is 5.56 Å². The smallest absolute Gasteiger partial charge is 0.309 e. The molecule has 1 aromatic heterocycles. The number of carbonyl (C=O) groups is 2. The molecule has 6 nitrogen and oxygen atoms in total. The fourth-order valence-electron chi connectivity index (χ4n) is 2.04. The molecule has 1 amide bonds. The molecular formula is C17H21N3O3. The second kappa shape index (κ2) is 7.09. The maximum Gasteiger partial charge on any atom is 0.309 e. The number of aliphatic carboxylic acids is 1. The van der Waals surface area contributed by atoms with E-state index in [1.54, 1.807) is 32.2 Å². The Bertz CT molecular complexity index is 661. The highest BCUT2D eigenvalue weighted by Crippen LogP contribution is 2.19. The summed E-state index contributed by atoms with van der Waals surface area (Å²) in [6.45, 7) is 4.27. The van der Waals surface area contributed by atoms with Gasteiger partial charge in [0.15, 0.2) is 0 Å². The van der Waals surface area contributed by atoms with Crippen LogP contribution in [-0.4, -0.2) is 33.3 Å². The third-order valence-corrected chi connectivity index (χ3v) is 3.73. The number of benzene rings is 1. The molecule has 0 saturated heterocycles. The first kappa shape index (κ1) is 16.7. The van der Waals surface area contributed by atoms with E-state index >= 15 is 0 Å². The van der Waals surface area contributed by atoms with Crippen LogP contribution < -0.4 is 5.32 Å². The monoisotopic (exact) mass is 315 g/mol. The van der Waals surface area contributed by atoms with Crippen molar-refractivity contribution >= 4 is 11.9 Å². The molecule has 6 heteroatoms. The second-order valence-corrected chi connectivity index (χ2v) is 6.10. The Morgan fingerprint density at radius 3 is 2.52 bits per heavy atom. The first-order valence-corrected chi connectivity index (χ1v) is 7.46. The molecule has 0 aliphatic heterocycles. The largest absolute Gasteiger partial charge is 0.481 e. The fourth-order valence-corrected chi connectivity index (χ4v) is 2.04. The standard InChI is InChI=1S/C17H21N3O3/c1-17(2,16(22)23)8-10-18-15(21)14-6-4-13(5-7-14)12-20-11-3-9-19-20/h3-7,9,11H,8,10,12H2,1-2H3,(H,18,21)(H,22,23). The fraction of sp³-hybridized carbons (Fsp3) is 0.353. The molecular weight excluding hydrogens is 294 g/mol.